The number of fused-ring (bicyclic) bond motifs is 1. The van der Waals surface area contributed by atoms with Crippen LogP contribution in [-0.2, 0) is 9.59 Å². The molecule has 3 aromatic rings. The normalized spacial score (nSPS) is 17.0. The van der Waals surface area contributed by atoms with Crippen molar-refractivity contribution >= 4 is 39.4 Å². The molecule has 0 bridgehead atoms. The van der Waals surface area contributed by atoms with Gasteiger partial charge in [0.1, 0.15) is 0 Å². The zero-order chi connectivity index (χ0) is 20.1. The van der Waals surface area contributed by atoms with Gasteiger partial charge in [-0.3, -0.25) is 9.59 Å². The van der Waals surface area contributed by atoms with Crippen LogP contribution in [0.25, 0.3) is 16.3 Å². The van der Waals surface area contributed by atoms with E-state index in [-0.39, 0.29) is 24.3 Å². The average molecular weight is 406 g/mol. The molecule has 1 aliphatic rings. The number of benzene rings is 2. The molecule has 2 amide bonds. The van der Waals surface area contributed by atoms with Gasteiger partial charge < -0.3 is 10.2 Å². The van der Waals surface area contributed by atoms with Gasteiger partial charge in [0.2, 0.25) is 11.8 Å². The number of thiazole rings is 1. The van der Waals surface area contributed by atoms with Crippen molar-refractivity contribution in [3.63, 3.8) is 0 Å². The van der Waals surface area contributed by atoms with E-state index in [9.17, 15) is 9.59 Å². The van der Waals surface area contributed by atoms with Crippen LogP contribution in [0.1, 0.15) is 29.3 Å². The van der Waals surface area contributed by atoms with Gasteiger partial charge in [0.15, 0.2) is 0 Å². The predicted molar refractivity (Wildman–Crippen MR) is 117 cm³/mol. The van der Waals surface area contributed by atoms with Crippen molar-refractivity contribution in [2.45, 2.75) is 18.8 Å². The lowest BCUT2D eigenvalue weighted by Crippen LogP contribution is -2.44. The first-order valence-electron chi connectivity index (χ1n) is 9.83. The third kappa shape index (κ3) is 4.90. The molecule has 148 valence electrons. The van der Waals surface area contributed by atoms with Gasteiger partial charge in [-0.15, -0.1) is 11.3 Å². The van der Waals surface area contributed by atoms with Crippen LogP contribution in [-0.4, -0.2) is 41.3 Å². The van der Waals surface area contributed by atoms with Crippen molar-refractivity contribution in [1.82, 2.24) is 15.2 Å². The molecule has 6 heteroatoms. The number of rotatable bonds is 5. The van der Waals surface area contributed by atoms with Crippen LogP contribution in [0.15, 0.2) is 60.7 Å². The summed E-state index contributed by atoms with van der Waals surface area (Å²) in [6.45, 7) is 1.41. The molecule has 0 radical (unpaired) electrons. The third-order valence-corrected chi connectivity index (χ3v) is 6.27. The minimum atomic E-state index is -0.262. The van der Waals surface area contributed by atoms with Crippen molar-refractivity contribution in [3.8, 4) is 0 Å². The lowest BCUT2D eigenvalue weighted by molar-refractivity contribution is -0.133. The molecule has 2 heterocycles. The zero-order valence-corrected chi connectivity index (χ0v) is 16.9. The van der Waals surface area contributed by atoms with Gasteiger partial charge in [-0.25, -0.2) is 4.98 Å². The van der Waals surface area contributed by atoms with Crippen LogP contribution in [0.5, 0.6) is 0 Å². The number of nitrogens with one attached hydrogen (secondary N) is 1. The summed E-state index contributed by atoms with van der Waals surface area (Å²) < 4.78 is 1.18. The van der Waals surface area contributed by atoms with Crippen LogP contribution in [0.2, 0.25) is 0 Å². The first kappa shape index (κ1) is 19.3. The Bertz CT molecular complexity index is 996. The second kappa shape index (κ2) is 9.01. The number of hydrogen-bond acceptors (Lipinski definition) is 4. The molecule has 1 fully saturated rings. The molecule has 1 N–H and O–H groups in total. The van der Waals surface area contributed by atoms with E-state index >= 15 is 0 Å². The Morgan fingerprint density at radius 3 is 2.76 bits per heavy atom. The molecule has 1 atom stereocenters. The molecular weight excluding hydrogens is 382 g/mol. The van der Waals surface area contributed by atoms with E-state index in [2.05, 4.69) is 11.4 Å². The second-order valence-electron chi connectivity index (χ2n) is 7.16. The maximum Gasteiger partial charge on any atom is 0.244 e. The van der Waals surface area contributed by atoms with Crippen LogP contribution >= 0.6 is 11.3 Å². The molecule has 0 unspecified atom stereocenters. The third-order valence-electron chi connectivity index (χ3n) is 5.07. The number of nitrogens with zero attached hydrogens (tertiary/aromatic N) is 2. The number of hydrogen-bond donors (Lipinski definition) is 1. The summed E-state index contributed by atoms with van der Waals surface area (Å²) in [5, 5.41) is 3.79. The number of carbonyl (C=O) groups is 2. The molecular formula is C23H23N3O2S. The van der Waals surface area contributed by atoms with Gasteiger partial charge in [0, 0.05) is 25.1 Å². The summed E-state index contributed by atoms with van der Waals surface area (Å²) in [6, 6.07) is 17.7. The van der Waals surface area contributed by atoms with E-state index in [0.29, 0.717) is 6.54 Å². The first-order chi connectivity index (χ1) is 14.2. The van der Waals surface area contributed by atoms with Crippen LogP contribution in [0.3, 0.4) is 0 Å². The van der Waals surface area contributed by atoms with Gasteiger partial charge in [-0.05, 0) is 36.6 Å². The highest BCUT2D eigenvalue weighted by molar-refractivity contribution is 7.18. The summed E-state index contributed by atoms with van der Waals surface area (Å²) in [5.74, 6) is -0.0435. The Morgan fingerprint density at radius 1 is 1.14 bits per heavy atom. The zero-order valence-electron chi connectivity index (χ0n) is 16.1. The van der Waals surface area contributed by atoms with E-state index in [1.165, 1.54) is 10.8 Å². The van der Waals surface area contributed by atoms with Crippen molar-refractivity contribution < 1.29 is 9.59 Å². The standard InChI is InChI=1S/C23H23N3O2S/c27-21(13-12-17-7-2-1-3-8-17)24-15-22(28)26-14-6-9-18(16-26)23-25-19-10-4-5-11-20(19)29-23/h1-5,7-8,10-13,18H,6,9,14-16H2,(H,24,27)/b13-12+/t18-/m0/s1. The molecule has 1 aromatic heterocycles. The largest absolute Gasteiger partial charge is 0.343 e. The topological polar surface area (TPSA) is 62.3 Å². The average Bonchev–Trinajstić information content (AvgIpc) is 3.21. The lowest BCUT2D eigenvalue weighted by atomic mass is 9.98. The van der Waals surface area contributed by atoms with E-state index in [1.807, 2.05) is 53.4 Å². The predicted octanol–water partition coefficient (Wildman–Crippen LogP) is 3.83. The molecule has 1 saturated heterocycles. The Hall–Kier alpha value is -2.99. The second-order valence-corrected chi connectivity index (χ2v) is 8.22. The Morgan fingerprint density at radius 2 is 1.93 bits per heavy atom. The van der Waals surface area contributed by atoms with E-state index < -0.39 is 0 Å². The molecule has 1 aliphatic heterocycles. The Kier molecular flexibility index (Phi) is 6.00. The SMILES string of the molecule is O=C(/C=C/c1ccccc1)NCC(=O)N1CCC[C@H](c2nc3ccccc3s2)C1. The molecule has 4 rings (SSSR count). The first-order valence-corrected chi connectivity index (χ1v) is 10.6. The van der Waals surface area contributed by atoms with Crippen LogP contribution in [0, 0.1) is 0 Å². The maximum atomic E-state index is 12.6. The summed E-state index contributed by atoms with van der Waals surface area (Å²) in [6.07, 6.45) is 5.19. The highest BCUT2D eigenvalue weighted by Crippen LogP contribution is 2.32. The van der Waals surface area contributed by atoms with Gasteiger partial charge >= 0.3 is 0 Å². The van der Waals surface area contributed by atoms with E-state index in [4.69, 9.17) is 4.98 Å². The molecule has 0 saturated carbocycles. The van der Waals surface area contributed by atoms with E-state index in [0.717, 1.165) is 35.5 Å². The molecule has 0 spiro atoms. The summed E-state index contributed by atoms with van der Waals surface area (Å²) in [4.78, 5) is 31.2. The van der Waals surface area contributed by atoms with Crippen molar-refractivity contribution in [3.05, 3.63) is 71.2 Å². The number of aromatic nitrogens is 1. The highest BCUT2D eigenvalue weighted by atomic mass is 32.1. The van der Waals surface area contributed by atoms with E-state index in [1.54, 1.807) is 17.4 Å². The molecule has 29 heavy (non-hydrogen) atoms. The Labute approximate surface area is 174 Å². The monoisotopic (exact) mass is 405 g/mol. The van der Waals surface area contributed by atoms with Crippen molar-refractivity contribution in [2.75, 3.05) is 19.6 Å². The lowest BCUT2D eigenvalue weighted by Gasteiger charge is -2.31. The van der Waals surface area contributed by atoms with Gasteiger partial charge in [-0.2, -0.15) is 0 Å². The summed E-state index contributed by atoms with van der Waals surface area (Å²) in [7, 11) is 0. The minimum absolute atomic E-state index is 0.0184. The number of piperidine rings is 1. The number of para-hydroxylation sites is 1. The molecule has 2 aromatic carbocycles. The van der Waals surface area contributed by atoms with Crippen LogP contribution < -0.4 is 5.32 Å². The smallest absolute Gasteiger partial charge is 0.244 e. The van der Waals surface area contributed by atoms with Gasteiger partial charge in [-0.1, -0.05) is 42.5 Å². The van der Waals surface area contributed by atoms with Crippen molar-refractivity contribution in [1.29, 1.82) is 0 Å². The fourth-order valence-corrected chi connectivity index (χ4v) is 4.63. The minimum Gasteiger partial charge on any atom is -0.343 e. The van der Waals surface area contributed by atoms with Gasteiger partial charge in [0.25, 0.3) is 0 Å². The number of amides is 2. The Balaban J connectivity index is 1.31. The fraction of sp³-hybridized carbons (Fsp3) is 0.261. The number of carbonyl (C=O) groups excluding carboxylic acids is 2. The summed E-state index contributed by atoms with van der Waals surface area (Å²) >= 11 is 1.71. The molecule has 0 aliphatic carbocycles. The fourth-order valence-electron chi connectivity index (χ4n) is 3.54. The number of likely N-dealkylation sites (tertiary alicyclic amines) is 1. The quantitative estimate of drug-likeness (QED) is 0.656. The summed E-state index contributed by atoms with van der Waals surface area (Å²) in [5.41, 5.74) is 1.97. The van der Waals surface area contributed by atoms with Gasteiger partial charge in [0.05, 0.1) is 21.8 Å². The van der Waals surface area contributed by atoms with Crippen molar-refractivity contribution in [2.24, 2.45) is 0 Å². The highest BCUT2D eigenvalue weighted by Gasteiger charge is 2.26. The van der Waals surface area contributed by atoms with Crippen LogP contribution in [0.4, 0.5) is 0 Å². The maximum absolute atomic E-state index is 12.6. The molecule has 5 nitrogen and oxygen atoms in total.